The minimum absolute atomic E-state index is 0.108. The molecule has 0 bridgehead atoms. The Balaban J connectivity index is 1.82. The molecule has 0 N–H and O–H groups in total. The van der Waals surface area contributed by atoms with E-state index in [9.17, 15) is 4.79 Å². The molecule has 0 saturated heterocycles. The van der Waals surface area contributed by atoms with E-state index in [0.717, 1.165) is 61.8 Å². The molecule has 0 unspecified atom stereocenters. The molecule has 0 spiro atoms. The van der Waals surface area contributed by atoms with Gasteiger partial charge < -0.3 is 23.7 Å². The summed E-state index contributed by atoms with van der Waals surface area (Å²) in [6.07, 6.45) is 16.6. The topological polar surface area (TPSA) is 76.1 Å². The van der Waals surface area contributed by atoms with Crippen LogP contribution in [0.3, 0.4) is 0 Å². The highest BCUT2D eigenvalue weighted by Crippen LogP contribution is 2.45. The number of carbonyl (C=O) groups is 1. The number of rotatable bonds is 19. The summed E-state index contributed by atoms with van der Waals surface area (Å²) >= 11 is 0. The first-order valence-electron chi connectivity index (χ1n) is 14.5. The van der Waals surface area contributed by atoms with Crippen molar-refractivity contribution in [2.45, 2.75) is 84.5 Å². The fraction of sp³-hybridized carbons (Fsp3) is 0.562. The number of pyridine rings is 1. The summed E-state index contributed by atoms with van der Waals surface area (Å²) in [6.45, 7) is 5.62. The van der Waals surface area contributed by atoms with Crippen LogP contribution in [0.4, 0.5) is 0 Å². The van der Waals surface area contributed by atoms with Crippen LogP contribution in [-0.4, -0.2) is 44.7 Å². The molecule has 7 heteroatoms. The lowest BCUT2D eigenvalue weighted by Gasteiger charge is -2.18. The molecule has 0 radical (unpaired) electrons. The number of aryl methyl sites for hydroxylation is 1. The molecule has 0 aliphatic carbocycles. The van der Waals surface area contributed by atoms with Gasteiger partial charge >= 0.3 is 5.97 Å². The molecule has 0 fully saturated rings. The summed E-state index contributed by atoms with van der Waals surface area (Å²) in [7, 11) is 1.60. The fourth-order valence-corrected chi connectivity index (χ4v) is 4.71. The van der Waals surface area contributed by atoms with Gasteiger partial charge in [0.05, 0.1) is 25.4 Å². The van der Waals surface area contributed by atoms with Crippen LogP contribution in [0.25, 0.3) is 6.08 Å². The van der Waals surface area contributed by atoms with Crippen LogP contribution in [0.1, 0.15) is 88.3 Å². The number of ether oxygens (including phenoxy) is 5. The largest absolute Gasteiger partial charge is 0.492 e. The summed E-state index contributed by atoms with van der Waals surface area (Å²) in [5, 5.41) is 0. The molecular weight excluding hydrogens is 494 g/mol. The molecule has 0 amide bonds. The van der Waals surface area contributed by atoms with Crippen molar-refractivity contribution < 1.29 is 28.5 Å². The molecule has 3 rings (SSSR count). The first-order chi connectivity index (χ1) is 19.2. The lowest BCUT2D eigenvalue weighted by Crippen LogP contribution is -2.09. The molecule has 39 heavy (non-hydrogen) atoms. The molecule has 2 aromatic rings. The Hall–Kier alpha value is -3.06. The van der Waals surface area contributed by atoms with E-state index >= 15 is 0 Å². The predicted molar refractivity (Wildman–Crippen MR) is 153 cm³/mol. The molecule has 0 atom stereocenters. The van der Waals surface area contributed by atoms with Gasteiger partial charge in [-0.05, 0) is 62.8 Å². The maximum absolute atomic E-state index is 13.0. The summed E-state index contributed by atoms with van der Waals surface area (Å²) in [5.41, 5.74) is 3.65. The first-order valence-corrected chi connectivity index (χ1v) is 14.5. The van der Waals surface area contributed by atoms with Crippen molar-refractivity contribution in [1.82, 2.24) is 4.98 Å². The van der Waals surface area contributed by atoms with E-state index in [2.05, 4.69) is 18.0 Å². The first kappa shape index (κ1) is 30.5. The zero-order valence-corrected chi connectivity index (χ0v) is 24.0. The minimum Gasteiger partial charge on any atom is -0.492 e. The monoisotopic (exact) mass is 539 g/mol. The number of carbonyl (C=O) groups excluding carboxylic acids is 1. The van der Waals surface area contributed by atoms with Gasteiger partial charge in [-0.3, -0.25) is 4.98 Å². The number of fused-ring (bicyclic) bond motifs is 1. The van der Waals surface area contributed by atoms with Crippen LogP contribution in [0.15, 0.2) is 36.2 Å². The number of methoxy groups -OCH3 is 1. The number of hydrogen-bond donors (Lipinski definition) is 0. The number of aromatic nitrogens is 1. The Morgan fingerprint density at radius 2 is 1.92 bits per heavy atom. The number of unbranched alkanes of at least 4 members (excludes halogenated alkanes) is 6. The van der Waals surface area contributed by atoms with E-state index in [-0.39, 0.29) is 12.8 Å². The smallest absolute Gasteiger partial charge is 0.334 e. The molecule has 1 aromatic carbocycles. The maximum atomic E-state index is 13.0. The summed E-state index contributed by atoms with van der Waals surface area (Å²) < 4.78 is 29.0. The number of esters is 1. The Morgan fingerprint density at radius 1 is 1.08 bits per heavy atom. The highest BCUT2D eigenvalue weighted by atomic mass is 16.7. The van der Waals surface area contributed by atoms with Crippen molar-refractivity contribution in [3.05, 3.63) is 52.9 Å². The molecule has 1 aliphatic rings. The molecule has 1 aromatic heterocycles. The van der Waals surface area contributed by atoms with Crippen molar-refractivity contribution in [1.29, 1.82) is 0 Å². The molecule has 214 valence electrons. The van der Waals surface area contributed by atoms with Crippen molar-refractivity contribution in [3.63, 3.8) is 0 Å². The summed E-state index contributed by atoms with van der Waals surface area (Å²) in [5.74, 6) is 1.67. The molecule has 7 nitrogen and oxygen atoms in total. The Labute approximate surface area is 233 Å². The number of hydrogen-bond acceptors (Lipinski definition) is 7. The third kappa shape index (κ3) is 9.88. The van der Waals surface area contributed by atoms with Gasteiger partial charge in [-0.15, -0.1) is 0 Å². The van der Waals surface area contributed by atoms with Gasteiger partial charge in [0.25, 0.3) is 0 Å². The average molecular weight is 540 g/mol. The molecule has 0 saturated carbocycles. The van der Waals surface area contributed by atoms with Crippen LogP contribution < -0.4 is 14.2 Å². The van der Waals surface area contributed by atoms with E-state index in [1.54, 1.807) is 13.3 Å². The fourth-order valence-electron chi connectivity index (χ4n) is 4.71. The average Bonchev–Trinajstić information content (AvgIpc) is 3.42. The van der Waals surface area contributed by atoms with Gasteiger partial charge in [-0.25, -0.2) is 4.79 Å². The second kappa shape index (κ2) is 17.5. The second-order valence-corrected chi connectivity index (χ2v) is 9.83. The van der Waals surface area contributed by atoms with Gasteiger partial charge in [-0.1, -0.05) is 45.1 Å². The third-order valence-corrected chi connectivity index (χ3v) is 6.74. The van der Waals surface area contributed by atoms with Gasteiger partial charge in [0.15, 0.2) is 18.3 Å². The number of nitrogens with zero attached hydrogens (tertiary/aromatic N) is 1. The normalized spacial score (nSPS) is 12.6. The van der Waals surface area contributed by atoms with E-state index < -0.39 is 0 Å². The van der Waals surface area contributed by atoms with Crippen molar-refractivity contribution >= 4 is 12.0 Å². The third-order valence-electron chi connectivity index (χ3n) is 6.74. The van der Waals surface area contributed by atoms with Crippen molar-refractivity contribution in [3.8, 4) is 17.2 Å². The Bertz CT molecular complexity index is 1040. The van der Waals surface area contributed by atoms with Crippen LogP contribution in [-0.2, 0) is 27.1 Å². The minimum atomic E-state index is -0.301. The van der Waals surface area contributed by atoms with Crippen LogP contribution in [0.5, 0.6) is 17.2 Å². The maximum Gasteiger partial charge on any atom is 0.334 e. The van der Waals surface area contributed by atoms with Crippen LogP contribution >= 0.6 is 0 Å². The lowest BCUT2D eigenvalue weighted by atomic mass is 9.99. The standard InChI is InChI=1S/C32H45NO6/c1-4-6-7-8-12-19-37-31-28(30-26(17-20-38-30)22-29(31)39-24-35-3)21-27(32(34)36-5-2)16-11-9-10-14-25-15-13-18-33-23-25/h13,15,18,21-23H,4-12,14,16-17,19-20,24H2,1-3H3/b27-21+. The molecular formula is C32H45NO6. The van der Waals surface area contributed by atoms with Gasteiger partial charge in [0.2, 0.25) is 0 Å². The van der Waals surface area contributed by atoms with E-state index in [1.165, 1.54) is 24.8 Å². The molecule has 1 aliphatic heterocycles. The van der Waals surface area contributed by atoms with E-state index in [1.807, 2.05) is 31.3 Å². The van der Waals surface area contributed by atoms with Gasteiger partial charge in [0.1, 0.15) is 5.75 Å². The summed E-state index contributed by atoms with van der Waals surface area (Å²) in [6, 6.07) is 6.04. The van der Waals surface area contributed by atoms with Gasteiger partial charge in [0, 0.05) is 37.1 Å². The van der Waals surface area contributed by atoms with E-state index in [0.29, 0.717) is 43.3 Å². The number of benzene rings is 1. The lowest BCUT2D eigenvalue weighted by molar-refractivity contribution is -0.138. The van der Waals surface area contributed by atoms with E-state index in [4.69, 9.17) is 23.7 Å². The predicted octanol–water partition coefficient (Wildman–Crippen LogP) is 7.10. The highest BCUT2D eigenvalue weighted by Gasteiger charge is 2.25. The van der Waals surface area contributed by atoms with Crippen LogP contribution in [0, 0.1) is 0 Å². The van der Waals surface area contributed by atoms with Crippen LogP contribution in [0.2, 0.25) is 0 Å². The highest BCUT2D eigenvalue weighted by molar-refractivity contribution is 5.95. The quantitative estimate of drug-likeness (QED) is 0.0816. The van der Waals surface area contributed by atoms with Gasteiger partial charge in [-0.2, -0.15) is 0 Å². The van der Waals surface area contributed by atoms with Crippen molar-refractivity contribution in [2.75, 3.05) is 33.7 Å². The zero-order valence-electron chi connectivity index (χ0n) is 24.0. The zero-order chi connectivity index (χ0) is 27.7. The Morgan fingerprint density at radius 3 is 2.69 bits per heavy atom. The SMILES string of the molecule is CCCCCCCOc1c(OCOC)cc2c(c1/C=C(\CCCCCc1cccnc1)C(=O)OCC)OCC2. The van der Waals surface area contributed by atoms with Crippen molar-refractivity contribution in [2.24, 2.45) is 0 Å². The second-order valence-electron chi connectivity index (χ2n) is 9.83. The molecule has 2 heterocycles. The Kier molecular flexibility index (Phi) is 13.7. The summed E-state index contributed by atoms with van der Waals surface area (Å²) in [4.78, 5) is 17.2.